The number of amides is 1. The monoisotopic (exact) mass is 340 g/mol. The molecular weight excluding hydrogens is 328 g/mol. The zero-order valence-corrected chi connectivity index (χ0v) is 13.5. The fourth-order valence-electron chi connectivity index (χ4n) is 1.84. The van der Waals surface area contributed by atoms with Crippen LogP contribution in [0.25, 0.3) is 6.08 Å². The van der Waals surface area contributed by atoms with Crippen LogP contribution < -0.4 is 10.1 Å². The molecule has 24 heavy (non-hydrogen) atoms. The van der Waals surface area contributed by atoms with E-state index >= 15 is 0 Å². The number of anilines is 1. The topological polar surface area (TPSA) is 79.2 Å². The SMILES string of the molecule is CC(=O)Oc1ccc(/C=C(/C#N)C(=O)Nc2ccc(Cl)cc2)cc1. The van der Waals surface area contributed by atoms with Crippen molar-refractivity contribution in [2.45, 2.75) is 6.92 Å². The molecule has 120 valence electrons. The number of nitrogens with zero attached hydrogens (tertiary/aromatic N) is 1. The van der Waals surface area contributed by atoms with E-state index in [0.717, 1.165) is 0 Å². The van der Waals surface area contributed by atoms with Crippen LogP contribution in [-0.4, -0.2) is 11.9 Å². The van der Waals surface area contributed by atoms with Crippen molar-refractivity contribution >= 4 is 35.2 Å². The number of esters is 1. The van der Waals surface area contributed by atoms with Gasteiger partial charge in [-0.2, -0.15) is 5.26 Å². The molecule has 0 aliphatic heterocycles. The van der Waals surface area contributed by atoms with Crippen molar-refractivity contribution in [1.82, 2.24) is 0 Å². The second-order valence-corrected chi connectivity index (χ2v) is 5.23. The van der Waals surface area contributed by atoms with E-state index in [0.29, 0.717) is 22.0 Å². The van der Waals surface area contributed by atoms with Gasteiger partial charge in [0, 0.05) is 17.6 Å². The standard InChI is InChI=1S/C18H13ClN2O3/c1-12(22)24-17-8-2-13(3-9-17)10-14(11-20)18(23)21-16-6-4-15(19)5-7-16/h2-10H,1H3,(H,21,23)/b14-10-. The molecule has 0 aromatic heterocycles. The van der Waals surface area contributed by atoms with Gasteiger partial charge in [0.05, 0.1) is 0 Å². The minimum atomic E-state index is -0.524. The normalized spacial score (nSPS) is 10.6. The molecule has 0 aliphatic rings. The van der Waals surface area contributed by atoms with E-state index in [4.69, 9.17) is 16.3 Å². The number of nitrogens with one attached hydrogen (secondary N) is 1. The van der Waals surface area contributed by atoms with Gasteiger partial charge in [0.2, 0.25) is 0 Å². The molecule has 0 saturated heterocycles. The van der Waals surface area contributed by atoms with Gasteiger partial charge in [-0.05, 0) is 48.0 Å². The van der Waals surface area contributed by atoms with E-state index in [2.05, 4.69) is 5.32 Å². The number of carbonyl (C=O) groups excluding carboxylic acids is 2. The summed E-state index contributed by atoms with van der Waals surface area (Å²) in [5.74, 6) is -0.550. The van der Waals surface area contributed by atoms with Crippen molar-refractivity contribution in [3.63, 3.8) is 0 Å². The lowest BCUT2D eigenvalue weighted by atomic mass is 10.1. The molecule has 0 radical (unpaired) electrons. The highest BCUT2D eigenvalue weighted by molar-refractivity contribution is 6.30. The fraction of sp³-hybridized carbons (Fsp3) is 0.0556. The highest BCUT2D eigenvalue weighted by Crippen LogP contribution is 2.17. The molecule has 1 amide bonds. The Hall–Kier alpha value is -3.10. The van der Waals surface area contributed by atoms with E-state index in [1.807, 2.05) is 6.07 Å². The third kappa shape index (κ3) is 4.97. The maximum Gasteiger partial charge on any atom is 0.308 e. The summed E-state index contributed by atoms with van der Waals surface area (Å²) < 4.78 is 4.92. The molecule has 0 saturated carbocycles. The van der Waals surface area contributed by atoms with Gasteiger partial charge < -0.3 is 10.1 Å². The summed E-state index contributed by atoms with van der Waals surface area (Å²) in [6.07, 6.45) is 1.45. The average Bonchev–Trinajstić information content (AvgIpc) is 2.55. The van der Waals surface area contributed by atoms with Crippen LogP contribution in [0, 0.1) is 11.3 Å². The van der Waals surface area contributed by atoms with Gasteiger partial charge in [0.15, 0.2) is 0 Å². The third-order valence-corrected chi connectivity index (χ3v) is 3.17. The van der Waals surface area contributed by atoms with Gasteiger partial charge in [0.25, 0.3) is 5.91 Å². The molecule has 6 heteroatoms. The number of rotatable bonds is 4. The molecule has 0 bridgehead atoms. The summed E-state index contributed by atoms with van der Waals surface area (Å²) in [5.41, 5.74) is 1.12. The van der Waals surface area contributed by atoms with Crippen LogP contribution >= 0.6 is 11.6 Å². The Bertz CT molecular complexity index is 819. The molecule has 0 heterocycles. The van der Waals surface area contributed by atoms with E-state index in [1.54, 1.807) is 48.5 Å². The van der Waals surface area contributed by atoms with Crippen molar-refractivity contribution in [3.05, 3.63) is 64.7 Å². The first-order valence-corrected chi connectivity index (χ1v) is 7.33. The molecule has 0 aliphatic carbocycles. The summed E-state index contributed by atoms with van der Waals surface area (Å²) >= 11 is 5.78. The summed E-state index contributed by atoms with van der Waals surface area (Å²) in [7, 11) is 0. The molecule has 0 unspecified atom stereocenters. The molecule has 2 aromatic rings. The van der Waals surface area contributed by atoms with E-state index in [-0.39, 0.29) is 5.57 Å². The molecule has 0 spiro atoms. The average molecular weight is 341 g/mol. The Balaban J connectivity index is 2.13. The van der Waals surface area contributed by atoms with Crippen LogP contribution in [0.3, 0.4) is 0 Å². The smallest absolute Gasteiger partial charge is 0.308 e. The van der Waals surface area contributed by atoms with Crippen LogP contribution in [0.2, 0.25) is 5.02 Å². The van der Waals surface area contributed by atoms with Gasteiger partial charge in [0.1, 0.15) is 17.4 Å². The Morgan fingerprint density at radius 3 is 2.29 bits per heavy atom. The summed E-state index contributed by atoms with van der Waals surface area (Å²) in [6, 6.07) is 14.9. The molecule has 5 nitrogen and oxygen atoms in total. The zero-order chi connectivity index (χ0) is 17.5. The van der Waals surface area contributed by atoms with Gasteiger partial charge in [-0.15, -0.1) is 0 Å². The van der Waals surface area contributed by atoms with Crippen molar-refractivity contribution in [3.8, 4) is 11.8 Å². The number of halogens is 1. The third-order valence-electron chi connectivity index (χ3n) is 2.92. The molecular formula is C18H13ClN2O3. The highest BCUT2D eigenvalue weighted by Gasteiger charge is 2.09. The minimum Gasteiger partial charge on any atom is -0.427 e. The van der Waals surface area contributed by atoms with E-state index < -0.39 is 11.9 Å². The van der Waals surface area contributed by atoms with Crippen molar-refractivity contribution in [1.29, 1.82) is 5.26 Å². The second-order valence-electron chi connectivity index (χ2n) is 4.79. The van der Waals surface area contributed by atoms with Gasteiger partial charge in [-0.25, -0.2) is 0 Å². The van der Waals surface area contributed by atoms with Crippen LogP contribution in [0.4, 0.5) is 5.69 Å². The summed E-state index contributed by atoms with van der Waals surface area (Å²) in [4.78, 5) is 23.0. The molecule has 0 fully saturated rings. The predicted molar refractivity (Wildman–Crippen MR) is 91.4 cm³/mol. The van der Waals surface area contributed by atoms with Gasteiger partial charge >= 0.3 is 5.97 Å². The first-order valence-electron chi connectivity index (χ1n) is 6.95. The number of carbonyl (C=O) groups is 2. The zero-order valence-electron chi connectivity index (χ0n) is 12.7. The summed E-state index contributed by atoms with van der Waals surface area (Å²) in [6.45, 7) is 1.31. The Morgan fingerprint density at radius 2 is 1.75 bits per heavy atom. The van der Waals surface area contributed by atoms with Crippen molar-refractivity contribution in [2.75, 3.05) is 5.32 Å². The largest absolute Gasteiger partial charge is 0.427 e. The van der Waals surface area contributed by atoms with Crippen LogP contribution in [0.5, 0.6) is 5.75 Å². The van der Waals surface area contributed by atoms with Crippen molar-refractivity contribution in [2.24, 2.45) is 0 Å². The highest BCUT2D eigenvalue weighted by atomic mass is 35.5. The summed E-state index contributed by atoms with van der Waals surface area (Å²) in [5, 5.41) is 12.4. The van der Waals surface area contributed by atoms with Crippen LogP contribution in [-0.2, 0) is 9.59 Å². The number of hydrogen-bond acceptors (Lipinski definition) is 4. The van der Waals surface area contributed by atoms with Gasteiger partial charge in [-0.3, -0.25) is 9.59 Å². The van der Waals surface area contributed by atoms with Crippen molar-refractivity contribution < 1.29 is 14.3 Å². The predicted octanol–water partition coefficient (Wildman–Crippen LogP) is 3.81. The van der Waals surface area contributed by atoms with E-state index in [1.165, 1.54) is 13.0 Å². The quantitative estimate of drug-likeness (QED) is 0.397. The molecule has 0 atom stereocenters. The van der Waals surface area contributed by atoms with Crippen LogP contribution in [0.1, 0.15) is 12.5 Å². The van der Waals surface area contributed by atoms with Gasteiger partial charge in [-0.1, -0.05) is 23.7 Å². The number of benzene rings is 2. The Morgan fingerprint density at radius 1 is 1.12 bits per heavy atom. The first-order chi connectivity index (χ1) is 11.5. The van der Waals surface area contributed by atoms with E-state index in [9.17, 15) is 14.9 Å². The first kappa shape index (κ1) is 17.3. The number of hydrogen-bond donors (Lipinski definition) is 1. The Labute approximate surface area is 144 Å². The maximum absolute atomic E-state index is 12.1. The molecule has 1 N–H and O–H groups in total. The Kier molecular flexibility index (Phi) is 5.72. The lowest BCUT2D eigenvalue weighted by Crippen LogP contribution is -2.13. The van der Waals surface area contributed by atoms with Crippen LogP contribution in [0.15, 0.2) is 54.1 Å². The maximum atomic E-state index is 12.1. The minimum absolute atomic E-state index is 0.0508. The fourth-order valence-corrected chi connectivity index (χ4v) is 1.97. The number of ether oxygens (including phenoxy) is 1. The molecule has 2 aromatic carbocycles. The second kappa shape index (κ2) is 7.95. The molecule has 2 rings (SSSR count). The lowest BCUT2D eigenvalue weighted by Gasteiger charge is -2.05. The number of nitriles is 1. The lowest BCUT2D eigenvalue weighted by molar-refractivity contribution is -0.131.